The summed E-state index contributed by atoms with van der Waals surface area (Å²) in [5, 5.41) is 14.6. The zero-order valence-electron chi connectivity index (χ0n) is 19.1. The number of benzene rings is 2. The van der Waals surface area contributed by atoms with Crippen LogP contribution in [0, 0.1) is 0 Å². The number of halogens is 3. The predicted octanol–water partition coefficient (Wildman–Crippen LogP) is 0.968. The first-order valence-electron chi connectivity index (χ1n) is 10.9. The van der Waals surface area contributed by atoms with Crippen molar-refractivity contribution in [3.63, 3.8) is 0 Å². The normalized spacial score (nSPS) is 15.9. The van der Waals surface area contributed by atoms with E-state index in [2.05, 4.69) is 10.3 Å². The van der Waals surface area contributed by atoms with Crippen molar-refractivity contribution in [2.45, 2.75) is 31.1 Å². The van der Waals surface area contributed by atoms with Crippen LogP contribution in [0.4, 0.5) is 24.7 Å². The molecule has 0 atom stereocenters. The van der Waals surface area contributed by atoms with Crippen molar-refractivity contribution in [1.29, 1.82) is 0 Å². The fourth-order valence-electron chi connectivity index (χ4n) is 4.31. The Hall–Kier alpha value is -2.11. The van der Waals surface area contributed by atoms with Crippen LogP contribution in [0.5, 0.6) is 5.75 Å². The van der Waals surface area contributed by atoms with Gasteiger partial charge in [0.15, 0.2) is 5.82 Å². The van der Waals surface area contributed by atoms with E-state index in [1.54, 1.807) is 30.5 Å². The molecule has 1 aromatic heterocycles. The predicted molar refractivity (Wildman–Crippen MR) is 118 cm³/mol. The van der Waals surface area contributed by atoms with E-state index in [4.69, 9.17) is 4.74 Å². The number of nitrogens with one attached hydrogen (secondary N) is 1. The summed E-state index contributed by atoms with van der Waals surface area (Å²) in [5.41, 5.74) is 1.19. The number of ether oxygens (including phenoxy) is 1. The summed E-state index contributed by atoms with van der Waals surface area (Å²) < 4.78 is 45.4. The van der Waals surface area contributed by atoms with Crippen LogP contribution in [0.15, 0.2) is 60.8 Å². The van der Waals surface area contributed by atoms with Crippen LogP contribution in [-0.2, 0) is 18.3 Å². The first-order valence-corrected chi connectivity index (χ1v) is 10.9. The van der Waals surface area contributed by atoms with Crippen molar-refractivity contribution in [2.75, 3.05) is 23.4 Å². The van der Waals surface area contributed by atoms with Crippen LogP contribution in [-0.4, -0.2) is 24.1 Å². The number of hydrogen-bond acceptors (Lipinski definition) is 6. The molecule has 0 bridgehead atoms. The van der Waals surface area contributed by atoms with Gasteiger partial charge >= 0.3 is 57.6 Å². The van der Waals surface area contributed by atoms with Crippen LogP contribution in [0.25, 0.3) is 0 Å². The van der Waals surface area contributed by atoms with Gasteiger partial charge in [-0.1, -0.05) is 36.4 Å². The largest absolute Gasteiger partial charge is 1.00 e. The Labute approximate surface area is 242 Å². The standard InChI is InChI=1S/C25H22F3N3O3.K/c26-25(27,28)19-3-1-2-16(14-19)15-31-12-13-34-20-8-11-29-22(21(20)31)30-24(9-10-24)18-6-4-17(5-7-18)23(32)33;/h1-8,11,14H,9-10,12-13,15H2,(H,29,30)(H,32,33);/q;+1/p-1. The second-order valence-corrected chi connectivity index (χ2v) is 8.55. The number of rotatable bonds is 6. The van der Waals surface area contributed by atoms with E-state index >= 15 is 0 Å². The van der Waals surface area contributed by atoms with E-state index in [1.807, 2.05) is 4.90 Å². The van der Waals surface area contributed by atoms with Gasteiger partial charge in [-0.2, -0.15) is 13.2 Å². The molecule has 0 amide bonds. The summed E-state index contributed by atoms with van der Waals surface area (Å²) in [6.45, 7) is 1.18. The monoisotopic (exact) mass is 507 g/mol. The van der Waals surface area contributed by atoms with Gasteiger partial charge < -0.3 is 24.9 Å². The van der Waals surface area contributed by atoms with Gasteiger partial charge in [-0.25, -0.2) is 4.98 Å². The summed E-state index contributed by atoms with van der Waals surface area (Å²) >= 11 is 0. The molecule has 10 heteroatoms. The van der Waals surface area contributed by atoms with Gasteiger partial charge in [0.05, 0.1) is 23.6 Å². The maximum Gasteiger partial charge on any atom is 1.00 e. The van der Waals surface area contributed by atoms with Gasteiger partial charge in [0.2, 0.25) is 0 Å². The average Bonchev–Trinajstić information content (AvgIpc) is 3.60. The maximum absolute atomic E-state index is 13.2. The van der Waals surface area contributed by atoms with Gasteiger partial charge in [0, 0.05) is 18.8 Å². The number of nitrogens with zero attached hydrogens (tertiary/aromatic N) is 2. The molecule has 176 valence electrons. The fraction of sp³-hybridized carbons (Fsp3) is 0.280. The summed E-state index contributed by atoms with van der Waals surface area (Å²) in [6, 6.07) is 13.6. The molecule has 1 fully saturated rings. The Bertz CT molecular complexity index is 1230. The van der Waals surface area contributed by atoms with Gasteiger partial charge in [-0.15, -0.1) is 0 Å². The van der Waals surface area contributed by atoms with Crippen LogP contribution < -0.4 is 71.4 Å². The van der Waals surface area contributed by atoms with Crippen molar-refractivity contribution >= 4 is 17.5 Å². The zero-order chi connectivity index (χ0) is 23.9. The summed E-state index contributed by atoms with van der Waals surface area (Å²) in [6.07, 6.45) is -1.11. The second-order valence-electron chi connectivity index (χ2n) is 8.55. The molecule has 0 saturated heterocycles. The number of carbonyl (C=O) groups excluding carboxylic acids is 1. The van der Waals surface area contributed by atoms with Gasteiger partial charge in [0.1, 0.15) is 18.0 Å². The molecule has 1 saturated carbocycles. The van der Waals surface area contributed by atoms with Crippen LogP contribution >= 0.6 is 0 Å². The van der Waals surface area contributed by atoms with Crippen molar-refractivity contribution < 1.29 is 79.2 Å². The molecule has 0 unspecified atom stereocenters. The van der Waals surface area contributed by atoms with Gasteiger partial charge in [-0.3, -0.25) is 0 Å². The molecular formula is C25H21F3KN3O3. The number of pyridine rings is 1. The number of carbonyl (C=O) groups is 1. The van der Waals surface area contributed by atoms with Crippen molar-refractivity contribution in [2.24, 2.45) is 0 Å². The summed E-state index contributed by atoms with van der Waals surface area (Å²) in [4.78, 5) is 17.6. The second kappa shape index (κ2) is 10.1. The number of carboxylic acids is 1. The molecule has 2 heterocycles. The third-order valence-electron chi connectivity index (χ3n) is 6.23. The molecule has 35 heavy (non-hydrogen) atoms. The number of carboxylic acid groups (broad SMARTS) is 1. The minimum absolute atomic E-state index is 0. The number of alkyl halides is 3. The van der Waals surface area contributed by atoms with E-state index in [9.17, 15) is 23.1 Å². The molecule has 0 spiro atoms. The van der Waals surface area contributed by atoms with Crippen LogP contribution in [0.2, 0.25) is 0 Å². The number of anilines is 2. The molecule has 3 aromatic rings. The number of hydrogen-bond donors (Lipinski definition) is 1. The van der Waals surface area contributed by atoms with E-state index < -0.39 is 23.2 Å². The van der Waals surface area contributed by atoms with Gasteiger partial charge in [0.25, 0.3) is 0 Å². The van der Waals surface area contributed by atoms with Crippen molar-refractivity contribution in [3.8, 4) is 5.75 Å². The van der Waals surface area contributed by atoms with Crippen molar-refractivity contribution in [3.05, 3.63) is 83.0 Å². The Morgan fingerprint density at radius 1 is 1.14 bits per heavy atom. The number of fused-ring (bicyclic) bond motifs is 1. The van der Waals surface area contributed by atoms with E-state index in [-0.39, 0.29) is 63.5 Å². The molecule has 1 N–H and O–H groups in total. The third kappa shape index (κ3) is 5.51. The molecule has 1 aliphatic heterocycles. The Kier molecular flexibility index (Phi) is 7.49. The van der Waals surface area contributed by atoms with E-state index in [0.29, 0.717) is 36.0 Å². The Morgan fingerprint density at radius 2 is 1.89 bits per heavy atom. The first kappa shape index (κ1) is 26.0. The van der Waals surface area contributed by atoms with Gasteiger partial charge in [-0.05, 0) is 41.7 Å². The molecule has 2 aliphatic rings. The minimum Gasteiger partial charge on any atom is -0.545 e. The molecule has 5 rings (SSSR count). The summed E-state index contributed by atoms with van der Waals surface area (Å²) in [5.74, 6) is -0.0463. The molecular weight excluding hydrogens is 486 g/mol. The Morgan fingerprint density at radius 3 is 2.54 bits per heavy atom. The smallest absolute Gasteiger partial charge is 0.545 e. The quantitative estimate of drug-likeness (QED) is 0.501. The van der Waals surface area contributed by atoms with E-state index in [1.165, 1.54) is 24.3 Å². The van der Waals surface area contributed by atoms with Crippen LogP contribution in [0.3, 0.4) is 0 Å². The van der Waals surface area contributed by atoms with Crippen LogP contribution in [0.1, 0.15) is 39.9 Å². The van der Waals surface area contributed by atoms with Crippen molar-refractivity contribution in [1.82, 2.24) is 4.98 Å². The third-order valence-corrected chi connectivity index (χ3v) is 6.23. The first-order chi connectivity index (χ1) is 16.2. The average molecular weight is 508 g/mol. The zero-order valence-corrected chi connectivity index (χ0v) is 22.2. The summed E-state index contributed by atoms with van der Waals surface area (Å²) in [7, 11) is 0. The molecule has 6 nitrogen and oxygen atoms in total. The molecule has 1 aliphatic carbocycles. The molecule has 2 aromatic carbocycles. The topological polar surface area (TPSA) is 77.5 Å². The SMILES string of the molecule is O=C([O-])c1ccc(C2(Nc3nccc4c3N(Cc3cccc(C(F)(F)F)c3)CCO4)CC2)cc1.[K+]. The molecule has 0 radical (unpaired) electrons. The Balaban J connectivity index is 0.00000289. The minimum atomic E-state index is -4.40. The van der Waals surface area contributed by atoms with E-state index in [0.717, 1.165) is 24.5 Å². The number of aromatic nitrogens is 1. The fourth-order valence-corrected chi connectivity index (χ4v) is 4.31. The number of aromatic carboxylic acids is 1. The maximum atomic E-state index is 13.2.